The van der Waals surface area contributed by atoms with E-state index in [0.29, 0.717) is 25.6 Å². The number of pyridine rings is 1. The van der Waals surface area contributed by atoms with Crippen molar-refractivity contribution < 1.29 is 9.66 Å². The smallest absolute Gasteiger partial charge is 0.311 e. The minimum Gasteiger partial charge on any atom is -0.382 e. The topological polar surface area (TPSA) is 77.3 Å². The molecule has 6 heteroatoms. The number of ether oxygens (including phenoxy) is 1. The summed E-state index contributed by atoms with van der Waals surface area (Å²) in [7, 11) is 0. The first-order valence-electron chi connectivity index (χ1n) is 5.57. The first-order chi connectivity index (χ1) is 8.15. The average Bonchev–Trinajstić information content (AvgIpc) is 2.30. The van der Waals surface area contributed by atoms with E-state index in [1.807, 2.05) is 6.92 Å². The third-order valence-electron chi connectivity index (χ3n) is 2.16. The standard InChI is InChI=1S/C11H17N3O3/c1-3-17-6-4-5-12-11-10(14(15)16)7-9(2)8-13-11/h7-8H,3-6H2,1-2H3,(H,12,13). The molecule has 0 fully saturated rings. The lowest BCUT2D eigenvalue weighted by Crippen LogP contribution is -2.08. The van der Waals surface area contributed by atoms with Crippen molar-refractivity contribution in [3.05, 3.63) is 27.9 Å². The van der Waals surface area contributed by atoms with Gasteiger partial charge >= 0.3 is 5.69 Å². The van der Waals surface area contributed by atoms with E-state index in [-0.39, 0.29) is 5.69 Å². The van der Waals surface area contributed by atoms with Gasteiger partial charge in [0, 0.05) is 32.0 Å². The Morgan fingerprint density at radius 2 is 2.35 bits per heavy atom. The third-order valence-corrected chi connectivity index (χ3v) is 2.16. The van der Waals surface area contributed by atoms with Gasteiger partial charge in [-0.05, 0) is 25.8 Å². The molecule has 1 N–H and O–H groups in total. The molecule has 0 amide bonds. The Morgan fingerprint density at radius 3 is 3.00 bits per heavy atom. The molecule has 94 valence electrons. The van der Waals surface area contributed by atoms with Crippen molar-refractivity contribution in [2.24, 2.45) is 0 Å². The van der Waals surface area contributed by atoms with Crippen molar-refractivity contribution in [2.45, 2.75) is 20.3 Å². The summed E-state index contributed by atoms with van der Waals surface area (Å²) < 4.78 is 5.17. The van der Waals surface area contributed by atoms with Crippen LogP contribution in [0.5, 0.6) is 0 Å². The molecule has 0 aliphatic rings. The molecule has 0 saturated heterocycles. The van der Waals surface area contributed by atoms with Gasteiger partial charge in [0.1, 0.15) is 0 Å². The normalized spacial score (nSPS) is 10.2. The van der Waals surface area contributed by atoms with Crippen molar-refractivity contribution >= 4 is 11.5 Å². The van der Waals surface area contributed by atoms with Crippen LogP contribution in [0.1, 0.15) is 18.9 Å². The summed E-state index contributed by atoms with van der Waals surface area (Å²) in [4.78, 5) is 14.4. The second kappa shape index (κ2) is 6.80. The lowest BCUT2D eigenvalue weighted by atomic mass is 10.3. The van der Waals surface area contributed by atoms with Gasteiger partial charge < -0.3 is 10.1 Å². The molecule has 0 bridgehead atoms. The van der Waals surface area contributed by atoms with Crippen molar-refractivity contribution in [3.8, 4) is 0 Å². The number of nitro groups is 1. The van der Waals surface area contributed by atoms with Gasteiger partial charge in [0.2, 0.25) is 5.82 Å². The van der Waals surface area contributed by atoms with E-state index in [1.54, 1.807) is 13.1 Å². The summed E-state index contributed by atoms with van der Waals surface area (Å²) in [5.74, 6) is 0.317. The summed E-state index contributed by atoms with van der Waals surface area (Å²) in [6, 6.07) is 1.51. The molecule has 0 saturated carbocycles. The zero-order valence-corrected chi connectivity index (χ0v) is 10.1. The van der Waals surface area contributed by atoms with E-state index in [4.69, 9.17) is 4.74 Å². The molecule has 0 aliphatic heterocycles. The second-order valence-electron chi connectivity index (χ2n) is 3.61. The Balaban J connectivity index is 2.55. The number of hydrogen-bond donors (Lipinski definition) is 1. The molecule has 0 aliphatic carbocycles. The maximum Gasteiger partial charge on any atom is 0.311 e. The van der Waals surface area contributed by atoms with Crippen LogP contribution in [-0.4, -0.2) is 29.7 Å². The third kappa shape index (κ3) is 4.36. The summed E-state index contributed by atoms with van der Waals surface area (Å²) >= 11 is 0. The summed E-state index contributed by atoms with van der Waals surface area (Å²) in [5, 5.41) is 13.8. The zero-order chi connectivity index (χ0) is 12.7. The van der Waals surface area contributed by atoms with E-state index in [0.717, 1.165) is 12.0 Å². The quantitative estimate of drug-likeness (QED) is 0.448. The SMILES string of the molecule is CCOCCCNc1ncc(C)cc1[N+](=O)[O-]. The van der Waals surface area contributed by atoms with E-state index in [1.165, 1.54) is 6.07 Å². The first kappa shape index (κ1) is 13.4. The Bertz CT molecular complexity index is 382. The molecule has 1 heterocycles. The second-order valence-corrected chi connectivity index (χ2v) is 3.61. The highest BCUT2D eigenvalue weighted by atomic mass is 16.6. The van der Waals surface area contributed by atoms with Crippen LogP contribution in [0.25, 0.3) is 0 Å². The van der Waals surface area contributed by atoms with E-state index >= 15 is 0 Å². The van der Waals surface area contributed by atoms with Crippen LogP contribution in [0.2, 0.25) is 0 Å². The number of anilines is 1. The Hall–Kier alpha value is -1.69. The predicted octanol–water partition coefficient (Wildman–Crippen LogP) is 2.14. The molecule has 0 spiro atoms. The molecular weight excluding hydrogens is 222 g/mol. The Morgan fingerprint density at radius 1 is 1.59 bits per heavy atom. The monoisotopic (exact) mass is 239 g/mol. The van der Waals surface area contributed by atoms with Gasteiger partial charge in [0.25, 0.3) is 0 Å². The molecule has 0 aromatic carbocycles. The predicted molar refractivity (Wildman–Crippen MR) is 65.2 cm³/mol. The molecule has 0 unspecified atom stereocenters. The van der Waals surface area contributed by atoms with Gasteiger partial charge in [0.05, 0.1) is 4.92 Å². The number of hydrogen-bond acceptors (Lipinski definition) is 5. The Labute approximate surface area is 100 Å². The number of nitrogens with one attached hydrogen (secondary N) is 1. The fraction of sp³-hybridized carbons (Fsp3) is 0.545. The van der Waals surface area contributed by atoms with Crippen LogP contribution < -0.4 is 5.32 Å². The minimum absolute atomic E-state index is 0.0152. The van der Waals surface area contributed by atoms with Gasteiger partial charge in [0.15, 0.2) is 0 Å². The molecule has 1 aromatic rings. The highest BCUT2D eigenvalue weighted by Gasteiger charge is 2.14. The molecule has 17 heavy (non-hydrogen) atoms. The molecular formula is C11H17N3O3. The van der Waals surface area contributed by atoms with Crippen molar-refractivity contribution in [1.82, 2.24) is 4.98 Å². The van der Waals surface area contributed by atoms with Crippen LogP contribution >= 0.6 is 0 Å². The van der Waals surface area contributed by atoms with Crippen LogP contribution in [0.15, 0.2) is 12.3 Å². The maximum absolute atomic E-state index is 10.8. The number of rotatable bonds is 7. The lowest BCUT2D eigenvalue weighted by molar-refractivity contribution is -0.384. The van der Waals surface area contributed by atoms with Crippen LogP contribution in [0.3, 0.4) is 0 Å². The summed E-state index contributed by atoms with van der Waals surface area (Å²) in [6.07, 6.45) is 2.40. The molecule has 0 atom stereocenters. The molecule has 0 radical (unpaired) electrons. The number of aryl methyl sites for hydroxylation is 1. The minimum atomic E-state index is -0.426. The van der Waals surface area contributed by atoms with Crippen molar-refractivity contribution in [1.29, 1.82) is 0 Å². The van der Waals surface area contributed by atoms with Crippen molar-refractivity contribution in [2.75, 3.05) is 25.1 Å². The highest BCUT2D eigenvalue weighted by molar-refractivity contribution is 5.56. The summed E-state index contributed by atoms with van der Waals surface area (Å²) in [6.45, 7) is 5.64. The number of aromatic nitrogens is 1. The maximum atomic E-state index is 10.8. The van der Waals surface area contributed by atoms with Crippen LogP contribution in [0.4, 0.5) is 11.5 Å². The largest absolute Gasteiger partial charge is 0.382 e. The zero-order valence-electron chi connectivity index (χ0n) is 10.1. The average molecular weight is 239 g/mol. The first-order valence-corrected chi connectivity index (χ1v) is 5.57. The molecule has 6 nitrogen and oxygen atoms in total. The van der Waals surface area contributed by atoms with Gasteiger partial charge in [-0.2, -0.15) is 0 Å². The fourth-order valence-electron chi connectivity index (χ4n) is 1.35. The van der Waals surface area contributed by atoms with Crippen LogP contribution in [0, 0.1) is 17.0 Å². The fourth-order valence-corrected chi connectivity index (χ4v) is 1.35. The van der Waals surface area contributed by atoms with Gasteiger partial charge in [-0.15, -0.1) is 0 Å². The Kier molecular flexibility index (Phi) is 5.35. The van der Waals surface area contributed by atoms with Gasteiger partial charge in [-0.1, -0.05) is 0 Å². The van der Waals surface area contributed by atoms with Gasteiger partial charge in [-0.3, -0.25) is 10.1 Å². The van der Waals surface area contributed by atoms with E-state index in [9.17, 15) is 10.1 Å². The van der Waals surface area contributed by atoms with E-state index in [2.05, 4.69) is 10.3 Å². The van der Waals surface area contributed by atoms with E-state index < -0.39 is 4.92 Å². The van der Waals surface area contributed by atoms with Crippen LogP contribution in [-0.2, 0) is 4.74 Å². The number of nitrogens with zero attached hydrogens (tertiary/aromatic N) is 2. The van der Waals surface area contributed by atoms with Gasteiger partial charge in [-0.25, -0.2) is 4.98 Å². The summed E-state index contributed by atoms with van der Waals surface area (Å²) in [5.41, 5.74) is 0.790. The highest BCUT2D eigenvalue weighted by Crippen LogP contribution is 2.22. The molecule has 1 aromatic heterocycles. The molecule has 1 rings (SSSR count). The lowest BCUT2D eigenvalue weighted by Gasteiger charge is -2.06. The van der Waals surface area contributed by atoms with Crippen molar-refractivity contribution in [3.63, 3.8) is 0 Å².